The zero-order chi connectivity index (χ0) is 22.9. The SMILES string of the molecule is COc1cc(C(=O)NCCCCN2CCN(C)CC2)c([N+](=O)[O-])cc1OCc1cscn1. The zero-order valence-corrected chi connectivity index (χ0v) is 19.2. The molecule has 1 aromatic carbocycles. The molecule has 1 N–H and O–H groups in total. The molecule has 0 unspecified atom stereocenters. The number of hydrogen-bond acceptors (Lipinski definition) is 9. The van der Waals surface area contributed by atoms with Crippen LogP contribution in [0.1, 0.15) is 28.9 Å². The minimum atomic E-state index is -0.586. The van der Waals surface area contributed by atoms with Gasteiger partial charge in [0.1, 0.15) is 12.2 Å². The number of aromatic nitrogens is 1. The second-order valence-corrected chi connectivity index (χ2v) is 8.37. The maximum Gasteiger partial charge on any atom is 0.286 e. The molecule has 3 rings (SSSR count). The Hall–Kier alpha value is -2.76. The van der Waals surface area contributed by atoms with Crippen molar-refractivity contribution in [1.82, 2.24) is 20.1 Å². The molecule has 0 bridgehead atoms. The van der Waals surface area contributed by atoms with E-state index >= 15 is 0 Å². The lowest BCUT2D eigenvalue weighted by Crippen LogP contribution is -2.44. The van der Waals surface area contributed by atoms with Gasteiger partial charge in [0.25, 0.3) is 11.6 Å². The van der Waals surface area contributed by atoms with Crippen LogP contribution in [-0.4, -0.2) is 79.0 Å². The van der Waals surface area contributed by atoms with Gasteiger partial charge in [-0.1, -0.05) is 0 Å². The lowest BCUT2D eigenvalue weighted by Gasteiger charge is -2.32. The summed E-state index contributed by atoms with van der Waals surface area (Å²) in [6.45, 7) is 5.86. The Kier molecular flexibility index (Phi) is 8.77. The van der Waals surface area contributed by atoms with Crippen molar-refractivity contribution < 1.29 is 19.2 Å². The molecule has 1 aromatic heterocycles. The summed E-state index contributed by atoms with van der Waals surface area (Å²) < 4.78 is 11.0. The van der Waals surface area contributed by atoms with Crippen LogP contribution in [0.2, 0.25) is 0 Å². The molecule has 2 aromatic rings. The number of ether oxygens (including phenoxy) is 2. The second kappa shape index (κ2) is 11.7. The van der Waals surface area contributed by atoms with E-state index in [4.69, 9.17) is 9.47 Å². The first-order valence-electron chi connectivity index (χ1n) is 10.5. The van der Waals surface area contributed by atoms with Crippen molar-refractivity contribution in [1.29, 1.82) is 0 Å². The number of nitrogens with zero attached hydrogens (tertiary/aromatic N) is 4. The van der Waals surface area contributed by atoms with Crippen LogP contribution in [0, 0.1) is 10.1 Å². The highest BCUT2D eigenvalue weighted by atomic mass is 32.1. The second-order valence-electron chi connectivity index (χ2n) is 7.65. The first-order chi connectivity index (χ1) is 15.5. The monoisotopic (exact) mass is 463 g/mol. The average Bonchev–Trinajstić information content (AvgIpc) is 3.31. The van der Waals surface area contributed by atoms with Gasteiger partial charge in [-0.2, -0.15) is 0 Å². The van der Waals surface area contributed by atoms with Gasteiger partial charge in [-0.25, -0.2) is 4.98 Å². The summed E-state index contributed by atoms with van der Waals surface area (Å²) in [5.74, 6) is -0.0531. The molecule has 0 radical (unpaired) electrons. The third-order valence-corrected chi connectivity index (χ3v) is 6.00. The number of likely N-dealkylation sites (N-methyl/N-ethyl adjacent to an activating group) is 1. The fourth-order valence-electron chi connectivity index (χ4n) is 3.44. The van der Waals surface area contributed by atoms with Crippen molar-refractivity contribution in [3.8, 4) is 11.5 Å². The van der Waals surface area contributed by atoms with Crippen LogP contribution in [0.3, 0.4) is 0 Å². The average molecular weight is 464 g/mol. The molecule has 0 saturated carbocycles. The molecule has 10 nitrogen and oxygen atoms in total. The molecule has 2 heterocycles. The fourth-order valence-corrected chi connectivity index (χ4v) is 3.99. The molecule has 1 amide bonds. The predicted octanol–water partition coefficient (Wildman–Crippen LogP) is 2.40. The summed E-state index contributed by atoms with van der Waals surface area (Å²) >= 11 is 1.43. The molecule has 32 heavy (non-hydrogen) atoms. The van der Waals surface area contributed by atoms with Gasteiger partial charge in [0.15, 0.2) is 11.5 Å². The van der Waals surface area contributed by atoms with E-state index in [9.17, 15) is 14.9 Å². The van der Waals surface area contributed by atoms with E-state index in [1.54, 1.807) is 5.51 Å². The fraction of sp³-hybridized carbons (Fsp3) is 0.524. The van der Waals surface area contributed by atoms with Gasteiger partial charge in [0, 0.05) is 44.2 Å². The molecular weight excluding hydrogens is 434 g/mol. The molecule has 1 fully saturated rings. The Morgan fingerprint density at radius 1 is 1.25 bits per heavy atom. The molecule has 0 aliphatic carbocycles. The van der Waals surface area contributed by atoms with Crippen LogP contribution < -0.4 is 14.8 Å². The first-order valence-corrected chi connectivity index (χ1v) is 11.5. The van der Waals surface area contributed by atoms with Gasteiger partial charge in [-0.15, -0.1) is 11.3 Å². The van der Waals surface area contributed by atoms with Gasteiger partial charge in [-0.05, 0) is 26.4 Å². The topological polar surface area (TPSA) is 110 Å². The smallest absolute Gasteiger partial charge is 0.286 e. The van der Waals surface area contributed by atoms with Crippen molar-refractivity contribution in [2.45, 2.75) is 19.4 Å². The number of methoxy groups -OCH3 is 1. The van der Waals surface area contributed by atoms with E-state index in [0.717, 1.165) is 45.6 Å². The van der Waals surface area contributed by atoms with Gasteiger partial charge in [-0.3, -0.25) is 14.9 Å². The Labute approximate surface area is 191 Å². The van der Waals surface area contributed by atoms with Crippen molar-refractivity contribution in [2.24, 2.45) is 0 Å². The number of carbonyl (C=O) groups excluding carboxylic acids is 1. The minimum Gasteiger partial charge on any atom is -0.493 e. The van der Waals surface area contributed by atoms with Gasteiger partial charge in [0.05, 0.1) is 29.3 Å². The number of piperazine rings is 1. The van der Waals surface area contributed by atoms with Crippen molar-refractivity contribution in [2.75, 3.05) is 53.4 Å². The summed E-state index contributed by atoms with van der Waals surface area (Å²) in [6.07, 6.45) is 1.76. The standard InChI is InChI=1S/C21H29N5O5S/c1-24-7-9-25(10-8-24)6-4-3-5-22-21(27)17-11-19(30-2)20(12-18(17)26(28)29)31-13-16-14-32-15-23-16/h11-12,14-15H,3-10,13H2,1-2H3,(H,22,27). The number of thiazole rings is 1. The van der Waals surface area contributed by atoms with Crippen molar-refractivity contribution >= 4 is 22.9 Å². The maximum atomic E-state index is 12.7. The van der Waals surface area contributed by atoms with Crippen LogP contribution in [-0.2, 0) is 6.61 Å². The largest absolute Gasteiger partial charge is 0.493 e. The van der Waals surface area contributed by atoms with E-state index in [0.29, 0.717) is 12.2 Å². The first kappa shape index (κ1) is 23.9. The number of benzene rings is 1. The highest BCUT2D eigenvalue weighted by Crippen LogP contribution is 2.35. The Morgan fingerprint density at radius 3 is 2.69 bits per heavy atom. The summed E-state index contributed by atoms with van der Waals surface area (Å²) in [5.41, 5.74) is 2.01. The van der Waals surface area contributed by atoms with Gasteiger partial charge >= 0.3 is 0 Å². The summed E-state index contributed by atoms with van der Waals surface area (Å²) in [5, 5.41) is 16.2. The van der Waals surface area contributed by atoms with E-state index in [1.165, 1.54) is 30.6 Å². The number of nitro benzene ring substituents is 1. The summed E-state index contributed by atoms with van der Waals surface area (Å²) in [7, 11) is 3.55. The number of hydrogen-bond donors (Lipinski definition) is 1. The molecule has 174 valence electrons. The van der Waals surface area contributed by atoms with Crippen LogP contribution in [0.5, 0.6) is 11.5 Å². The molecule has 1 aliphatic rings. The molecule has 1 aliphatic heterocycles. The minimum absolute atomic E-state index is 0.0491. The summed E-state index contributed by atoms with van der Waals surface area (Å²) in [4.78, 5) is 32.5. The van der Waals surface area contributed by atoms with E-state index < -0.39 is 10.8 Å². The molecule has 1 saturated heterocycles. The van der Waals surface area contributed by atoms with E-state index in [2.05, 4.69) is 27.1 Å². The number of rotatable bonds is 11. The number of nitro groups is 1. The molecule has 0 spiro atoms. The van der Waals surface area contributed by atoms with Crippen molar-refractivity contribution in [3.63, 3.8) is 0 Å². The number of nitrogens with one attached hydrogen (secondary N) is 1. The van der Waals surface area contributed by atoms with Crippen LogP contribution in [0.25, 0.3) is 0 Å². The number of amides is 1. The van der Waals surface area contributed by atoms with Crippen LogP contribution in [0.4, 0.5) is 5.69 Å². The number of unbranched alkanes of at least 4 members (excludes halogenated alkanes) is 1. The highest BCUT2D eigenvalue weighted by Gasteiger charge is 2.25. The Balaban J connectivity index is 1.56. The zero-order valence-electron chi connectivity index (χ0n) is 18.4. The number of carbonyl (C=O) groups is 1. The van der Waals surface area contributed by atoms with Crippen LogP contribution in [0.15, 0.2) is 23.0 Å². The third kappa shape index (κ3) is 6.62. The Morgan fingerprint density at radius 2 is 2.03 bits per heavy atom. The van der Waals surface area contributed by atoms with E-state index in [1.807, 2.05) is 5.38 Å². The van der Waals surface area contributed by atoms with Gasteiger partial charge in [0.2, 0.25) is 0 Å². The quantitative estimate of drug-likeness (QED) is 0.307. The lowest BCUT2D eigenvalue weighted by atomic mass is 10.1. The third-order valence-electron chi connectivity index (χ3n) is 5.36. The normalized spacial score (nSPS) is 14.8. The predicted molar refractivity (Wildman–Crippen MR) is 122 cm³/mol. The molecule has 11 heteroatoms. The van der Waals surface area contributed by atoms with Crippen LogP contribution >= 0.6 is 11.3 Å². The van der Waals surface area contributed by atoms with Crippen molar-refractivity contribution in [3.05, 3.63) is 44.4 Å². The van der Waals surface area contributed by atoms with Gasteiger partial charge < -0.3 is 24.6 Å². The Bertz CT molecular complexity index is 900. The lowest BCUT2D eigenvalue weighted by molar-refractivity contribution is -0.385. The molecular formula is C21H29N5O5S. The molecule has 0 atom stereocenters. The van der Waals surface area contributed by atoms with E-state index in [-0.39, 0.29) is 29.4 Å². The summed E-state index contributed by atoms with van der Waals surface area (Å²) in [6, 6.07) is 2.58. The maximum absolute atomic E-state index is 12.7. The highest BCUT2D eigenvalue weighted by molar-refractivity contribution is 7.07.